The lowest BCUT2D eigenvalue weighted by atomic mass is 10.1. The predicted molar refractivity (Wildman–Crippen MR) is 61.8 cm³/mol. The molecule has 0 unspecified atom stereocenters. The Kier molecular flexibility index (Phi) is 2.40. The molecule has 0 saturated heterocycles. The predicted octanol–water partition coefficient (Wildman–Crippen LogP) is 0.0324. The molecule has 0 radical (unpaired) electrons. The van der Waals surface area contributed by atoms with Crippen LogP contribution in [0.1, 0.15) is 24.1 Å². The normalized spacial score (nSPS) is 20.0. The number of aromatic nitrogens is 2. The Morgan fingerprint density at radius 1 is 1.25 bits per heavy atom. The molecule has 1 saturated carbocycles. The third kappa shape index (κ3) is 1.95. The topological polar surface area (TPSA) is 69.8 Å². The molecular weight excluding hydrogens is 204 g/mol. The molecule has 1 aromatic heterocycles. The minimum atomic E-state index is 0.0249. The lowest BCUT2D eigenvalue weighted by Gasteiger charge is -2.07. The van der Waals surface area contributed by atoms with Crippen molar-refractivity contribution in [3.8, 4) is 0 Å². The second kappa shape index (κ2) is 3.90. The van der Waals surface area contributed by atoms with Crippen molar-refractivity contribution >= 4 is 5.95 Å². The van der Waals surface area contributed by atoms with Crippen molar-refractivity contribution in [3.05, 3.63) is 21.6 Å². The van der Waals surface area contributed by atoms with Gasteiger partial charge >= 0.3 is 0 Å². The molecular formula is C11H16N4O. The fourth-order valence-corrected chi connectivity index (χ4v) is 2.04. The molecule has 16 heavy (non-hydrogen) atoms. The third-order valence-electron chi connectivity index (χ3n) is 3.11. The molecule has 0 spiro atoms. The van der Waals surface area contributed by atoms with Gasteiger partial charge in [-0.2, -0.15) is 0 Å². The summed E-state index contributed by atoms with van der Waals surface area (Å²) in [4.78, 5) is 19.2. The molecule has 0 aromatic carbocycles. The van der Waals surface area contributed by atoms with Crippen LogP contribution < -0.4 is 16.2 Å². The molecule has 5 heteroatoms. The molecule has 0 amide bonds. The zero-order valence-electron chi connectivity index (χ0n) is 9.18. The van der Waals surface area contributed by atoms with Gasteiger partial charge in [0.25, 0.3) is 5.56 Å². The first-order chi connectivity index (χ1) is 7.83. The maximum atomic E-state index is 11.9. The SMILES string of the molecule is O=c1[nH]c(NC2CC2)nc2c1CCNCC2. The van der Waals surface area contributed by atoms with Crippen molar-refractivity contribution in [2.24, 2.45) is 0 Å². The highest BCUT2D eigenvalue weighted by molar-refractivity contribution is 5.33. The number of aromatic amines is 1. The molecule has 1 fully saturated rings. The van der Waals surface area contributed by atoms with Gasteiger partial charge < -0.3 is 10.6 Å². The van der Waals surface area contributed by atoms with Crippen LogP contribution in [0.5, 0.6) is 0 Å². The first kappa shape index (κ1) is 9.84. The van der Waals surface area contributed by atoms with Gasteiger partial charge in [-0.15, -0.1) is 0 Å². The van der Waals surface area contributed by atoms with Crippen LogP contribution in [0.2, 0.25) is 0 Å². The molecule has 1 aliphatic heterocycles. The van der Waals surface area contributed by atoms with E-state index in [4.69, 9.17) is 0 Å². The Balaban J connectivity index is 1.94. The molecule has 0 bridgehead atoms. The Morgan fingerprint density at radius 2 is 2.06 bits per heavy atom. The van der Waals surface area contributed by atoms with Crippen LogP contribution in [0.25, 0.3) is 0 Å². The van der Waals surface area contributed by atoms with E-state index in [-0.39, 0.29) is 5.56 Å². The number of H-pyrrole nitrogens is 1. The van der Waals surface area contributed by atoms with E-state index in [1.165, 1.54) is 12.8 Å². The summed E-state index contributed by atoms with van der Waals surface area (Å²) in [6, 6.07) is 0.519. The van der Waals surface area contributed by atoms with Gasteiger partial charge in [-0.1, -0.05) is 0 Å². The first-order valence-corrected chi connectivity index (χ1v) is 5.92. The van der Waals surface area contributed by atoms with Crippen LogP contribution in [0.4, 0.5) is 5.95 Å². The van der Waals surface area contributed by atoms with E-state index in [9.17, 15) is 4.79 Å². The Morgan fingerprint density at radius 3 is 2.88 bits per heavy atom. The highest BCUT2D eigenvalue weighted by Crippen LogP contribution is 2.22. The van der Waals surface area contributed by atoms with Gasteiger partial charge in [-0.3, -0.25) is 9.78 Å². The monoisotopic (exact) mass is 220 g/mol. The summed E-state index contributed by atoms with van der Waals surface area (Å²) in [5.41, 5.74) is 1.83. The third-order valence-corrected chi connectivity index (χ3v) is 3.11. The highest BCUT2D eigenvalue weighted by Gasteiger charge is 2.22. The van der Waals surface area contributed by atoms with Gasteiger partial charge in [0.05, 0.1) is 5.69 Å². The van der Waals surface area contributed by atoms with Crippen LogP contribution in [-0.4, -0.2) is 29.1 Å². The van der Waals surface area contributed by atoms with E-state index in [1.807, 2.05) is 0 Å². The number of rotatable bonds is 2. The zero-order chi connectivity index (χ0) is 11.0. The molecule has 0 atom stereocenters. The van der Waals surface area contributed by atoms with Crippen LogP contribution in [0.3, 0.4) is 0 Å². The van der Waals surface area contributed by atoms with Gasteiger partial charge in [-0.25, -0.2) is 4.98 Å². The van der Waals surface area contributed by atoms with Crippen molar-refractivity contribution < 1.29 is 0 Å². The van der Waals surface area contributed by atoms with E-state index in [0.717, 1.165) is 37.2 Å². The molecule has 1 aromatic rings. The van der Waals surface area contributed by atoms with Gasteiger partial charge in [-0.05, 0) is 25.8 Å². The standard InChI is InChI=1S/C11H16N4O/c16-10-8-3-5-12-6-4-9(8)14-11(15-10)13-7-1-2-7/h7,12H,1-6H2,(H2,13,14,15,16). The number of hydrogen-bond acceptors (Lipinski definition) is 4. The summed E-state index contributed by atoms with van der Waals surface area (Å²) in [5, 5.41) is 6.52. The highest BCUT2D eigenvalue weighted by atomic mass is 16.1. The summed E-state index contributed by atoms with van der Waals surface area (Å²) in [6.45, 7) is 1.78. The van der Waals surface area contributed by atoms with Gasteiger partial charge in [0, 0.05) is 24.6 Å². The second-order valence-corrected chi connectivity index (χ2v) is 4.51. The van der Waals surface area contributed by atoms with E-state index >= 15 is 0 Å². The van der Waals surface area contributed by atoms with Gasteiger partial charge in [0.1, 0.15) is 0 Å². The summed E-state index contributed by atoms with van der Waals surface area (Å²) in [6.07, 6.45) is 3.99. The van der Waals surface area contributed by atoms with Crippen molar-refractivity contribution in [1.29, 1.82) is 0 Å². The summed E-state index contributed by atoms with van der Waals surface area (Å²) < 4.78 is 0. The summed E-state index contributed by atoms with van der Waals surface area (Å²) in [7, 11) is 0. The Labute approximate surface area is 93.7 Å². The van der Waals surface area contributed by atoms with E-state index in [1.54, 1.807) is 0 Å². The number of fused-ring (bicyclic) bond motifs is 1. The van der Waals surface area contributed by atoms with Crippen LogP contribution in [-0.2, 0) is 12.8 Å². The maximum Gasteiger partial charge on any atom is 0.255 e. The molecule has 1 aliphatic carbocycles. The quantitative estimate of drug-likeness (QED) is 0.658. The van der Waals surface area contributed by atoms with E-state index < -0.39 is 0 Å². The van der Waals surface area contributed by atoms with E-state index in [2.05, 4.69) is 20.6 Å². The minimum absolute atomic E-state index is 0.0249. The van der Waals surface area contributed by atoms with E-state index in [0.29, 0.717) is 12.0 Å². The largest absolute Gasteiger partial charge is 0.353 e. The molecule has 2 aliphatic rings. The smallest absolute Gasteiger partial charge is 0.255 e. The lowest BCUT2D eigenvalue weighted by molar-refractivity contribution is 0.708. The van der Waals surface area contributed by atoms with Crippen molar-refractivity contribution in [2.45, 2.75) is 31.7 Å². The number of nitrogens with zero attached hydrogens (tertiary/aromatic N) is 1. The van der Waals surface area contributed by atoms with Crippen molar-refractivity contribution in [1.82, 2.24) is 15.3 Å². The summed E-state index contributed by atoms with van der Waals surface area (Å²) in [5.74, 6) is 0.646. The average molecular weight is 220 g/mol. The first-order valence-electron chi connectivity index (χ1n) is 5.92. The molecule has 3 rings (SSSR count). The number of nitrogens with one attached hydrogen (secondary N) is 3. The lowest BCUT2D eigenvalue weighted by Crippen LogP contribution is -2.21. The fraction of sp³-hybridized carbons (Fsp3) is 0.636. The van der Waals surface area contributed by atoms with Crippen molar-refractivity contribution in [3.63, 3.8) is 0 Å². The minimum Gasteiger partial charge on any atom is -0.353 e. The summed E-state index contributed by atoms with van der Waals surface area (Å²) >= 11 is 0. The van der Waals surface area contributed by atoms with Gasteiger partial charge in [0.15, 0.2) is 0 Å². The molecule has 86 valence electrons. The fourth-order valence-electron chi connectivity index (χ4n) is 2.04. The molecule has 3 N–H and O–H groups in total. The Hall–Kier alpha value is -1.36. The van der Waals surface area contributed by atoms with Crippen LogP contribution in [0.15, 0.2) is 4.79 Å². The van der Waals surface area contributed by atoms with Crippen molar-refractivity contribution in [2.75, 3.05) is 18.4 Å². The maximum absolute atomic E-state index is 11.9. The molecule has 5 nitrogen and oxygen atoms in total. The zero-order valence-corrected chi connectivity index (χ0v) is 9.18. The Bertz CT molecular complexity index is 450. The second-order valence-electron chi connectivity index (χ2n) is 4.51. The number of anilines is 1. The van der Waals surface area contributed by atoms with Gasteiger partial charge in [0.2, 0.25) is 5.95 Å². The van der Waals surface area contributed by atoms with Crippen LogP contribution >= 0.6 is 0 Å². The number of hydrogen-bond donors (Lipinski definition) is 3. The van der Waals surface area contributed by atoms with Crippen LogP contribution in [0, 0.1) is 0 Å². The average Bonchev–Trinajstić information content (AvgIpc) is 3.04. The molecule has 2 heterocycles.